The molecule has 1 rings (SSSR count). The highest BCUT2D eigenvalue weighted by molar-refractivity contribution is 14.0. The highest BCUT2D eigenvalue weighted by Crippen LogP contribution is 2.09. The van der Waals surface area contributed by atoms with Crippen molar-refractivity contribution >= 4 is 35.8 Å². The maximum absolute atomic E-state index is 11.6. The summed E-state index contributed by atoms with van der Waals surface area (Å²) in [5, 5.41) is 9.29. The molecule has 0 bridgehead atoms. The summed E-state index contributed by atoms with van der Waals surface area (Å²) in [7, 11) is 1.73. The molecule has 5 nitrogen and oxygen atoms in total. The van der Waals surface area contributed by atoms with Crippen molar-refractivity contribution in [2.45, 2.75) is 46.7 Å². The first-order chi connectivity index (χ1) is 10.4. The number of aryl methyl sites for hydroxylation is 2. The van der Waals surface area contributed by atoms with Crippen molar-refractivity contribution in [3.05, 3.63) is 34.9 Å². The van der Waals surface area contributed by atoms with Gasteiger partial charge in [-0.2, -0.15) is 0 Å². The van der Waals surface area contributed by atoms with Crippen molar-refractivity contribution in [3.63, 3.8) is 0 Å². The summed E-state index contributed by atoms with van der Waals surface area (Å²) in [4.78, 5) is 15.7. The van der Waals surface area contributed by atoms with Crippen LogP contribution in [0.1, 0.15) is 37.0 Å². The summed E-state index contributed by atoms with van der Waals surface area (Å²) < 4.78 is 0. The van der Waals surface area contributed by atoms with Crippen LogP contribution in [0.2, 0.25) is 0 Å². The molecule has 0 aliphatic rings. The predicted molar refractivity (Wildman–Crippen MR) is 107 cm³/mol. The summed E-state index contributed by atoms with van der Waals surface area (Å²) in [6, 6.07) is 6.58. The van der Waals surface area contributed by atoms with Crippen LogP contribution in [0.5, 0.6) is 0 Å². The van der Waals surface area contributed by atoms with Gasteiger partial charge in [-0.15, -0.1) is 24.0 Å². The average molecular weight is 432 g/mol. The number of aliphatic imine (C=N–C) groups is 1. The topological polar surface area (TPSA) is 65.5 Å². The molecule has 1 amide bonds. The Kier molecular flexibility index (Phi) is 10.6. The van der Waals surface area contributed by atoms with Crippen molar-refractivity contribution in [3.8, 4) is 0 Å². The summed E-state index contributed by atoms with van der Waals surface area (Å²) in [6.45, 7) is 9.38. The lowest BCUT2D eigenvalue weighted by Gasteiger charge is -2.14. The van der Waals surface area contributed by atoms with E-state index in [-0.39, 0.29) is 35.9 Å². The van der Waals surface area contributed by atoms with Gasteiger partial charge in [0, 0.05) is 32.6 Å². The van der Waals surface area contributed by atoms with Gasteiger partial charge in [-0.25, -0.2) is 0 Å². The van der Waals surface area contributed by atoms with Crippen LogP contribution in [0.3, 0.4) is 0 Å². The second-order valence-corrected chi connectivity index (χ2v) is 5.75. The molecule has 0 unspecified atom stereocenters. The molecule has 1 aromatic carbocycles. The molecule has 0 radical (unpaired) electrons. The van der Waals surface area contributed by atoms with E-state index in [9.17, 15) is 4.79 Å². The molecule has 0 saturated carbocycles. The molecular weight excluding hydrogens is 403 g/mol. The van der Waals surface area contributed by atoms with Crippen LogP contribution in [0.4, 0.5) is 0 Å². The van der Waals surface area contributed by atoms with Crippen molar-refractivity contribution in [1.82, 2.24) is 16.0 Å². The van der Waals surface area contributed by atoms with Gasteiger partial charge in [-0.1, -0.05) is 23.8 Å². The summed E-state index contributed by atoms with van der Waals surface area (Å²) in [5.74, 6) is 0.754. The molecule has 0 aliphatic heterocycles. The van der Waals surface area contributed by atoms with Crippen LogP contribution < -0.4 is 16.0 Å². The minimum absolute atomic E-state index is 0. The number of hydrogen-bond donors (Lipinski definition) is 3. The van der Waals surface area contributed by atoms with Crippen molar-refractivity contribution in [2.24, 2.45) is 4.99 Å². The Morgan fingerprint density at radius 1 is 1.22 bits per heavy atom. The monoisotopic (exact) mass is 432 g/mol. The Morgan fingerprint density at radius 3 is 2.48 bits per heavy atom. The lowest BCUT2D eigenvalue weighted by atomic mass is 10.1. The van der Waals surface area contributed by atoms with Crippen molar-refractivity contribution in [1.29, 1.82) is 0 Å². The maximum atomic E-state index is 11.6. The zero-order chi connectivity index (χ0) is 16.5. The molecule has 6 heteroatoms. The lowest BCUT2D eigenvalue weighted by Crippen LogP contribution is -2.39. The molecule has 0 heterocycles. The average Bonchev–Trinajstić information content (AvgIpc) is 2.43. The number of amides is 1. The molecule has 130 valence electrons. The third-order valence-electron chi connectivity index (χ3n) is 3.26. The third kappa shape index (κ3) is 8.78. The Balaban J connectivity index is 0.00000484. The van der Waals surface area contributed by atoms with E-state index >= 15 is 0 Å². The quantitative estimate of drug-likeness (QED) is 0.368. The van der Waals surface area contributed by atoms with E-state index < -0.39 is 0 Å². The molecule has 0 aromatic heterocycles. The lowest BCUT2D eigenvalue weighted by molar-refractivity contribution is -0.121. The molecular formula is C17H29IN4O. The zero-order valence-electron chi connectivity index (χ0n) is 14.7. The van der Waals surface area contributed by atoms with Crippen molar-refractivity contribution < 1.29 is 4.79 Å². The Morgan fingerprint density at radius 2 is 1.91 bits per heavy atom. The molecule has 23 heavy (non-hydrogen) atoms. The second kappa shape index (κ2) is 11.3. The van der Waals surface area contributed by atoms with Gasteiger partial charge in [0.1, 0.15) is 0 Å². The molecule has 0 atom stereocenters. The van der Waals surface area contributed by atoms with Crippen molar-refractivity contribution in [2.75, 3.05) is 13.6 Å². The Labute approximate surface area is 156 Å². The number of carbonyl (C=O) groups is 1. The van der Waals surface area contributed by atoms with Crippen LogP contribution in [0.15, 0.2) is 23.2 Å². The highest BCUT2D eigenvalue weighted by atomic mass is 127. The molecule has 1 aromatic rings. The van der Waals surface area contributed by atoms with Gasteiger partial charge in [0.15, 0.2) is 5.96 Å². The van der Waals surface area contributed by atoms with E-state index in [1.165, 1.54) is 16.7 Å². The number of hydrogen-bond acceptors (Lipinski definition) is 2. The van der Waals surface area contributed by atoms with Crippen LogP contribution in [-0.4, -0.2) is 31.5 Å². The van der Waals surface area contributed by atoms with Crippen LogP contribution in [0.25, 0.3) is 0 Å². The fraction of sp³-hybridized carbons (Fsp3) is 0.529. The number of carbonyl (C=O) groups excluding carboxylic acids is 1. The van der Waals surface area contributed by atoms with E-state index in [0.717, 1.165) is 0 Å². The van der Waals surface area contributed by atoms with Crippen LogP contribution >= 0.6 is 24.0 Å². The molecule has 0 spiro atoms. The van der Waals surface area contributed by atoms with Gasteiger partial charge in [-0.05, 0) is 38.8 Å². The van der Waals surface area contributed by atoms with E-state index in [1.807, 2.05) is 13.8 Å². The summed E-state index contributed by atoms with van der Waals surface area (Å²) in [5.41, 5.74) is 3.77. The van der Waals surface area contributed by atoms with Gasteiger partial charge >= 0.3 is 0 Å². The number of nitrogens with zero attached hydrogens (tertiary/aromatic N) is 1. The van der Waals surface area contributed by atoms with Gasteiger partial charge in [0.05, 0.1) is 0 Å². The number of nitrogens with one attached hydrogen (secondary N) is 3. The van der Waals surface area contributed by atoms with E-state index in [2.05, 4.69) is 53.0 Å². The number of benzene rings is 1. The highest BCUT2D eigenvalue weighted by Gasteiger charge is 2.04. The Bertz CT molecular complexity index is 529. The standard InChI is InChI=1S/C17H28N4O.HI/c1-12(2)21-16(22)8-9-19-17(18-5)20-11-15-7-6-13(3)10-14(15)4;/h6-7,10,12H,8-9,11H2,1-5H3,(H,21,22)(H2,18,19,20);1H. The zero-order valence-corrected chi connectivity index (χ0v) is 17.0. The maximum Gasteiger partial charge on any atom is 0.221 e. The predicted octanol–water partition coefficient (Wildman–Crippen LogP) is 2.50. The summed E-state index contributed by atoms with van der Waals surface area (Å²) >= 11 is 0. The molecule has 0 fully saturated rings. The number of halogens is 1. The SMILES string of the molecule is CN=C(NCCC(=O)NC(C)C)NCc1ccc(C)cc1C.I. The fourth-order valence-corrected chi connectivity index (χ4v) is 2.13. The van der Waals surface area contributed by atoms with E-state index in [1.54, 1.807) is 7.05 Å². The molecule has 0 aliphatic carbocycles. The normalized spacial score (nSPS) is 11.0. The van der Waals surface area contributed by atoms with Gasteiger partial charge in [-0.3, -0.25) is 9.79 Å². The Hall–Kier alpha value is -1.31. The first-order valence-corrected chi connectivity index (χ1v) is 7.72. The third-order valence-corrected chi connectivity index (χ3v) is 3.26. The minimum Gasteiger partial charge on any atom is -0.356 e. The minimum atomic E-state index is 0. The van der Waals surface area contributed by atoms with E-state index in [0.29, 0.717) is 25.5 Å². The van der Waals surface area contributed by atoms with Gasteiger partial charge in [0.2, 0.25) is 5.91 Å². The van der Waals surface area contributed by atoms with Gasteiger partial charge in [0.25, 0.3) is 0 Å². The second-order valence-electron chi connectivity index (χ2n) is 5.75. The smallest absolute Gasteiger partial charge is 0.221 e. The van der Waals surface area contributed by atoms with Crippen LogP contribution in [-0.2, 0) is 11.3 Å². The largest absolute Gasteiger partial charge is 0.356 e. The molecule has 3 N–H and O–H groups in total. The first kappa shape index (κ1) is 21.7. The summed E-state index contributed by atoms with van der Waals surface area (Å²) in [6.07, 6.45) is 0.433. The number of guanidine groups is 1. The van der Waals surface area contributed by atoms with Gasteiger partial charge < -0.3 is 16.0 Å². The van der Waals surface area contributed by atoms with Crippen LogP contribution in [0, 0.1) is 13.8 Å². The van der Waals surface area contributed by atoms with E-state index in [4.69, 9.17) is 0 Å². The fourth-order valence-electron chi connectivity index (χ4n) is 2.13. The first-order valence-electron chi connectivity index (χ1n) is 7.72. The number of rotatable bonds is 6. The molecule has 0 saturated heterocycles.